The van der Waals surface area contributed by atoms with Crippen LogP contribution in [0.4, 0.5) is 5.69 Å². The summed E-state index contributed by atoms with van der Waals surface area (Å²) >= 11 is 0. The number of nitrogen functional groups attached to an aromatic ring is 1. The number of benzene rings is 1. The van der Waals surface area contributed by atoms with Crippen molar-refractivity contribution in [1.82, 2.24) is 4.72 Å². The maximum atomic E-state index is 11.6. The third-order valence-corrected chi connectivity index (χ3v) is 3.53. The predicted molar refractivity (Wildman–Crippen MR) is 68.0 cm³/mol. The van der Waals surface area contributed by atoms with Crippen LogP contribution >= 0.6 is 0 Å². The van der Waals surface area contributed by atoms with E-state index >= 15 is 0 Å². The highest BCUT2D eigenvalue weighted by atomic mass is 32.2. The molecule has 17 heavy (non-hydrogen) atoms. The standard InChI is InChI=1S/C11H18N2O3S/c1-2-16-7-8-17(14,15)13-9-10-5-3-4-6-11(10)12/h3-6,13H,2,7-9,12H2,1H3. The van der Waals surface area contributed by atoms with Gasteiger partial charge in [0, 0.05) is 18.8 Å². The van der Waals surface area contributed by atoms with Crippen molar-refractivity contribution in [2.24, 2.45) is 0 Å². The summed E-state index contributed by atoms with van der Waals surface area (Å²) in [5.74, 6) is -0.0341. The Bertz CT molecular complexity index is 446. The number of rotatable bonds is 7. The first-order chi connectivity index (χ1) is 8.05. The Morgan fingerprint density at radius 2 is 2.06 bits per heavy atom. The lowest BCUT2D eigenvalue weighted by molar-refractivity contribution is 0.163. The fourth-order valence-electron chi connectivity index (χ4n) is 1.27. The molecule has 0 amide bonds. The predicted octanol–water partition coefficient (Wildman–Crippen LogP) is 0.725. The molecule has 0 saturated carbocycles. The number of nitrogens with two attached hydrogens (primary N) is 1. The second-order valence-electron chi connectivity index (χ2n) is 3.54. The molecule has 96 valence electrons. The van der Waals surface area contributed by atoms with Crippen LogP contribution in [0.25, 0.3) is 0 Å². The SMILES string of the molecule is CCOCCS(=O)(=O)NCc1ccccc1N. The molecule has 0 heterocycles. The van der Waals surface area contributed by atoms with Crippen LogP contribution in [0.3, 0.4) is 0 Å². The number of para-hydroxylation sites is 1. The second-order valence-corrected chi connectivity index (χ2v) is 5.46. The van der Waals surface area contributed by atoms with E-state index in [4.69, 9.17) is 10.5 Å². The van der Waals surface area contributed by atoms with Crippen LogP contribution in [0.5, 0.6) is 0 Å². The van der Waals surface area contributed by atoms with E-state index in [1.165, 1.54) is 0 Å². The first-order valence-electron chi connectivity index (χ1n) is 5.43. The summed E-state index contributed by atoms with van der Waals surface area (Å²) in [4.78, 5) is 0. The molecule has 0 aliphatic heterocycles. The molecule has 0 aliphatic rings. The van der Waals surface area contributed by atoms with Gasteiger partial charge < -0.3 is 10.5 Å². The molecule has 0 aromatic heterocycles. The van der Waals surface area contributed by atoms with Crippen LogP contribution in [0.2, 0.25) is 0 Å². The Labute approximate surface area is 102 Å². The lowest BCUT2D eigenvalue weighted by Crippen LogP contribution is -2.28. The molecule has 0 atom stereocenters. The van der Waals surface area contributed by atoms with Crippen molar-refractivity contribution >= 4 is 15.7 Å². The van der Waals surface area contributed by atoms with Crippen LogP contribution in [-0.4, -0.2) is 27.4 Å². The molecule has 1 aromatic carbocycles. The third-order valence-electron chi connectivity index (χ3n) is 2.24. The quantitative estimate of drug-likeness (QED) is 0.558. The summed E-state index contributed by atoms with van der Waals surface area (Å²) in [7, 11) is -3.30. The summed E-state index contributed by atoms with van der Waals surface area (Å²) in [5, 5.41) is 0. The van der Waals surface area contributed by atoms with Crippen molar-refractivity contribution < 1.29 is 13.2 Å². The van der Waals surface area contributed by atoms with E-state index < -0.39 is 10.0 Å². The zero-order valence-corrected chi connectivity index (χ0v) is 10.7. The fraction of sp³-hybridized carbons (Fsp3) is 0.455. The molecule has 1 aromatic rings. The molecule has 0 fully saturated rings. The van der Waals surface area contributed by atoms with Crippen molar-refractivity contribution in [3.63, 3.8) is 0 Å². The lowest BCUT2D eigenvalue weighted by atomic mass is 10.2. The molecular formula is C11H18N2O3S. The van der Waals surface area contributed by atoms with Crippen molar-refractivity contribution in [2.45, 2.75) is 13.5 Å². The summed E-state index contributed by atoms with van der Waals surface area (Å²) in [6.45, 7) is 2.75. The minimum absolute atomic E-state index is 0.0341. The summed E-state index contributed by atoms with van der Waals surface area (Å²) in [6, 6.07) is 7.16. The first kappa shape index (κ1) is 14.0. The average molecular weight is 258 g/mol. The smallest absolute Gasteiger partial charge is 0.214 e. The lowest BCUT2D eigenvalue weighted by Gasteiger charge is -2.08. The van der Waals surface area contributed by atoms with Gasteiger partial charge in [-0.3, -0.25) is 0 Å². The number of ether oxygens (including phenoxy) is 1. The van der Waals surface area contributed by atoms with E-state index in [0.717, 1.165) is 5.56 Å². The zero-order valence-electron chi connectivity index (χ0n) is 9.85. The third kappa shape index (κ3) is 5.16. The Kier molecular flexibility index (Phi) is 5.40. The van der Waals surface area contributed by atoms with E-state index in [0.29, 0.717) is 12.3 Å². The summed E-state index contributed by atoms with van der Waals surface area (Å²) in [5.41, 5.74) is 7.07. The molecule has 0 saturated heterocycles. The van der Waals surface area contributed by atoms with Crippen LogP contribution < -0.4 is 10.5 Å². The van der Waals surface area contributed by atoms with Crippen LogP contribution in [-0.2, 0) is 21.3 Å². The molecule has 1 rings (SSSR count). The highest BCUT2D eigenvalue weighted by Gasteiger charge is 2.10. The molecule has 0 unspecified atom stereocenters. The molecule has 3 N–H and O–H groups in total. The number of anilines is 1. The largest absolute Gasteiger partial charge is 0.398 e. The van der Waals surface area contributed by atoms with Crippen molar-refractivity contribution in [3.8, 4) is 0 Å². The average Bonchev–Trinajstić information content (AvgIpc) is 2.28. The van der Waals surface area contributed by atoms with Gasteiger partial charge in [0.05, 0.1) is 12.4 Å². The highest BCUT2D eigenvalue weighted by molar-refractivity contribution is 7.89. The van der Waals surface area contributed by atoms with Crippen molar-refractivity contribution in [1.29, 1.82) is 0 Å². The topological polar surface area (TPSA) is 81.4 Å². The van der Waals surface area contributed by atoms with E-state index in [9.17, 15) is 8.42 Å². The molecule has 0 aliphatic carbocycles. The molecule has 6 heteroatoms. The monoisotopic (exact) mass is 258 g/mol. The van der Waals surface area contributed by atoms with E-state index in [-0.39, 0.29) is 18.9 Å². The highest BCUT2D eigenvalue weighted by Crippen LogP contribution is 2.10. The van der Waals surface area contributed by atoms with Gasteiger partial charge in [0.15, 0.2) is 0 Å². The van der Waals surface area contributed by atoms with Crippen LogP contribution in [0.15, 0.2) is 24.3 Å². The minimum Gasteiger partial charge on any atom is -0.398 e. The Balaban J connectivity index is 2.47. The van der Waals surface area contributed by atoms with Gasteiger partial charge in [-0.2, -0.15) is 0 Å². The molecule has 5 nitrogen and oxygen atoms in total. The Morgan fingerprint density at radius 1 is 1.35 bits per heavy atom. The molecule has 0 spiro atoms. The van der Waals surface area contributed by atoms with Gasteiger partial charge in [0.25, 0.3) is 0 Å². The van der Waals surface area contributed by atoms with Gasteiger partial charge in [-0.15, -0.1) is 0 Å². The van der Waals surface area contributed by atoms with Crippen LogP contribution in [0, 0.1) is 0 Å². The number of nitrogens with one attached hydrogen (secondary N) is 1. The molecule has 0 bridgehead atoms. The van der Waals surface area contributed by atoms with Crippen LogP contribution in [0.1, 0.15) is 12.5 Å². The van der Waals surface area contributed by atoms with Gasteiger partial charge in [0.2, 0.25) is 10.0 Å². The first-order valence-corrected chi connectivity index (χ1v) is 7.09. The number of hydrogen-bond donors (Lipinski definition) is 2. The fourth-order valence-corrected chi connectivity index (χ4v) is 2.13. The zero-order chi connectivity index (χ0) is 12.7. The van der Waals surface area contributed by atoms with E-state index in [2.05, 4.69) is 4.72 Å². The molecular weight excluding hydrogens is 240 g/mol. The van der Waals surface area contributed by atoms with Gasteiger partial charge in [-0.25, -0.2) is 13.1 Å². The second kappa shape index (κ2) is 6.58. The maximum absolute atomic E-state index is 11.6. The van der Waals surface area contributed by atoms with Gasteiger partial charge >= 0.3 is 0 Å². The minimum atomic E-state index is -3.30. The van der Waals surface area contributed by atoms with Gasteiger partial charge in [0.1, 0.15) is 0 Å². The van der Waals surface area contributed by atoms with Gasteiger partial charge in [-0.1, -0.05) is 18.2 Å². The summed E-state index contributed by atoms with van der Waals surface area (Å²) in [6.07, 6.45) is 0. The van der Waals surface area contributed by atoms with E-state index in [1.807, 2.05) is 19.1 Å². The maximum Gasteiger partial charge on any atom is 0.214 e. The van der Waals surface area contributed by atoms with E-state index in [1.54, 1.807) is 12.1 Å². The Morgan fingerprint density at radius 3 is 2.71 bits per heavy atom. The molecule has 0 radical (unpaired) electrons. The van der Waals surface area contributed by atoms with Gasteiger partial charge in [-0.05, 0) is 18.6 Å². The number of sulfonamides is 1. The Hall–Kier alpha value is -1.11. The van der Waals surface area contributed by atoms with Crippen molar-refractivity contribution in [2.75, 3.05) is 24.7 Å². The number of hydrogen-bond acceptors (Lipinski definition) is 4. The van der Waals surface area contributed by atoms with Crippen molar-refractivity contribution in [3.05, 3.63) is 29.8 Å². The normalized spacial score (nSPS) is 11.6. The summed E-state index contributed by atoms with van der Waals surface area (Å²) < 4.78 is 30.6.